The number of fused-ring (bicyclic) bond motifs is 3. The van der Waals surface area contributed by atoms with Crippen LogP contribution < -0.4 is 15.0 Å². The molecule has 4 aromatic rings. The van der Waals surface area contributed by atoms with Crippen molar-refractivity contribution in [2.24, 2.45) is 0 Å². The Morgan fingerprint density at radius 2 is 1.56 bits per heavy atom. The third kappa shape index (κ3) is 3.35. The van der Waals surface area contributed by atoms with Gasteiger partial charge >= 0.3 is 0 Å². The fourth-order valence-electron chi connectivity index (χ4n) is 5.03. The fraction of sp³-hybridized carbons (Fsp3) is 0.172. The monoisotopic (exact) mass is 418 g/mol. The molecule has 0 saturated carbocycles. The number of ether oxygens (including phenoxy) is 1. The highest BCUT2D eigenvalue weighted by Gasteiger charge is 2.29. The van der Waals surface area contributed by atoms with E-state index in [2.05, 4.69) is 113 Å². The molecule has 0 spiro atoms. The van der Waals surface area contributed by atoms with Crippen LogP contribution >= 0.6 is 0 Å². The molecule has 0 bridgehead atoms. The fourth-order valence-corrected chi connectivity index (χ4v) is 5.03. The zero-order valence-corrected chi connectivity index (χ0v) is 17.9. The summed E-state index contributed by atoms with van der Waals surface area (Å²) in [6, 6.07) is 32.5. The van der Waals surface area contributed by atoms with Gasteiger partial charge < -0.3 is 15.0 Å². The highest BCUT2D eigenvalue weighted by atomic mass is 16.5. The summed E-state index contributed by atoms with van der Waals surface area (Å²) in [7, 11) is 0. The van der Waals surface area contributed by atoms with Gasteiger partial charge in [-0.2, -0.15) is 0 Å². The molecule has 0 amide bonds. The summed E-state index contributed by atoms with van der Waals surface area (Å²) < 4.78 is 6.68. The van der Waals surface area contributed by atoms with Crippen LogP contribution in [0.1, 0.15) is 28.8 Å². The lowest BCUT2D eigenvalue weighted by Gasteiger charge is -2.40. The first-order valence-corrected chi connectivity index (χ1v) is 11.4. The summed E-state index contributed by atoms with van der Waals surface area (Å²) in [4.78, 5) is 2.52. The molecule has 3 heteroatoms. The molecule has 2 atom stereocenters. The maximum absolute atomic E-state index is 6.68. The van der Waals surface area contributed by atoms with Gasteiger partial charge in [-0.15, -0.1) is 0 Å². The Bertz CT molecular complexity index is 1280. The van der Waals surface area contributed by atoms with Gasteiger partial charge in [-0.1, -0.05) is 84.9 Å². The minimum absolute atomic E-state index is 0.107. The second-order valence-electron chi connectivity index (χ2n) is 8.48. The third-order valence-corrected chi connectivity index (χ3v) is 6.60. The number of rotatable bonds is 3. The number of hydrogen-bond donors (Lipinski definition) is 1. The number of anilines is 1. The van der Waals surface area contributed by atoms with Crippen molar-refractivity contribution in [1.29, 1.82) is 0 Å². The second kappa shape index (κ2) is 8.18. The van der Waals surface area contributed by atoms with Crippen LogP contribution in [0.5, 0.6) is 5.75 Å². The topological polar surface area (TPSA) is 24.5 Å². The smallest absolute Gasteiger partial charge is 0.143 e. The molecule has 2 aliphatic rings. The lowest BCUT2D eigenvalue weighted by molar-refractivity contribution is 0.252. The minimum Gasteiger partial charge on any atom is -0.480 e. The summed E-state index contributed by atoms with van der Waals surface area (Å²) in [5, 5.41) is 5.98. The highest BCUT2D eigenvalue weighted by molar-refractivity contribution is 5.92. The van der Waals surface area contributed by atoms with Gasteiger partial charge in [-0.3, -0.25) is 0 Å². The predicted molar refractivity (Wildman–Crippen MR) is 132 cm³/mol. The molecule has 6 rings (SSSR count). The summed E-state index contributed by atoms with van der Waals surface area (Å²) in [5.41, 5.74) is 4.96. The van der Waals surface area contributed by atoms with Crippen molar-refractivity contribution in [3.8, 4) is 5.75 Å². The molecule has 2 heterocycles. The van der Waals surface area contributed by atoms with Crippen LogP contribution in [0, 0.1) is 0 Å². The highest BCUT2D eigenvalue weighted by Crippen LogP contribution is 2.41. The first-order valence-electron chi connectivity index (χ1n) is 11.4. The molecule has 0 aliphatic carbocycles. The Kier molecular flexibility index (Phi) is 4.89. The summed E-state index contributed by atoms with van der Waals surface area (Å²) in [6.07, 6.45) is 4.30. The third-order valence-electron chi connectivity index (χ3n) is 6.60. The van der Waals surface area contributed by atoms with E-state index in [-0.39, 0.29) is 12.1 Å². The molecule has 2 unspecified atom stereocenters. The predicted octanol–water partition coefficient (Wildman–Crippen LogP) is 6.14. The van der Waals surface area contributed by atoms with Gasteiger partial charge in [0.1, 0.15) is 11.9 Å². The molecule has 158 valence electrons. The molecule has 32 heavy (non-hydrogen) atoms. The van der Waals surface area contributed by atoms with Crippen molar-refractivity contribution in [3.63, 3.8) is 0 Å². The maximum Gasteiger partial charge on any atom is 0.143 e. The Morgan fingerprint density at radius 3 is 2.47 bits per heavy atom. The normalized spacial score (nSPS) is 20.1. The lowest BCUT2D eigenvalue weighted by Crippen LogP contribution is -2.46. The Morgan fingerprint density at radius 1 is 0.781 bits per heavy atom. The van der Waals surface area contributed by atoms with E-state index in [9.17, 15) is 0 Å². The molecule has 0 radical (unpaired) electrons. The molecule has 2 aliphatic heterocycles. The Labute approximate surface area is 189 Å². The van der Waals surface area contributed by atoms with Crippen LogP contribution in [0.25, 0.3) is 16.8 Å². The van der Waals surface area contributed by atoms with Crippen LogP contribution in [0.3, 0.4) is 0 Å². The first-order chi connectivity index (χ1) is 15.9. The van der Waals surface area contributed by atoms with E-state index in [1.54, 1.807) is 0 Å². The van der Waals surface area contributed by atoms with Gasteiger partial charge in [-0.05, 0) is 29.2 Å². The van der Waals surface area contributed by atoms with E-state index in [1.165, 1.54) is 27.6 Å². The molecule has 1 N–H and O–H groups in total. The largest absolute Gasteiger partial charge is 0.480 e. The first kappa shape index (κ1) is 19.1. The van der Waals surface area contributed by atoms with E-state index in [0.29, 0.717) is 0 Å². The number of nitrogens with zero attached hydrogens (tertiary/aromatic N) is 1. The van der Waals surface area contributed by atoms with Crippen molar-refractivity contribution < 1.29 is 4.74 Å². The van der Waals surface area contributed by atoms with Crippen molar-refractivity contribution in [3.05, 3.63) is 114 Å². The van der Waals surface area contributed by atoms with Gasteiger partial charge in [0.05, 0.1) is 6.04 Å². The zero-order valence-electron chi connectivity index (χ0n) is 17.9. The summed E-state index contributed by atoms with van der Waals surface area (Å²) >= 11 is 0. The van der Waals surface area contributed by atoms with E-state index in [0.717, 1.165) is 30.9 Å². The Balaban J connectivity index is 1.40. The van der Waals surface area contributed by atoms with Crippen LogP contribution in [0.15, 0.2) is 97.1 Å². The van der Waals surface area contributed by atoms with Gasteiger partial charge in [0.2, 0.25) is 0 Å². The van der Waals surface area contributed by atoms with E-state index < -0.39 is 0 Å². The lowest BCUT2D eigenvalue weighted by atomic mass is 9.92. The number of hydrogen-bond acceptors (Lipinski definition) is 3. The Hall–Kier alpha value is -3.56. The van der Waals surface area contributed by atoms with E-state index in [4.69, 9.17) is 4.74 Å². The quantitative estimate of drug-likeness (QED) is 0.433. The average molecular weight is 419 g/mol. The SMILES string of the molecule is C1=CC(c2ccccc2C2CNCCN2c2ccccc2)Oc2c1ccc1ccccc21. The summed E-state index contributed by atoms with van der Waals surface area (Å²) in [6.45, 7) is 2.90. The number of benzene rings is 4. The van der Waals surface area contributed by atoms with Gasteiger partial charge in [-0.25, -0.2) is 0 Å². The molecular weight excluding hydrogens is 392 g/mol. The number of para-hydroxylation sites is 1. The molecule has 0 aromatic heterocycles. The minimum atomic E-state index is -0.107. The number of nitrogens with one attached hydrogen (secondary N) is 1. The van der Waals surface area contributed by atoms with Crippen LogP contribution in [0.2, 0.25) is 0 Å². The summed E-state index contributed by atoms with van der Waals surface area (Å²) in [5.74, 6) is 0.979. The average Bonchev–Trinajstić information content (AvgIpc) is 2.89. The molecule has 1 saturated heterocycles. The molecule has 1 fully saturated rings. The van der Waals surface area contributed by atoms with E-state index >= 15 is 0 Å². The van der Waals surface area contributed by atoms with Gasteiger partial charge in [0.15, 0.2) is 0 Å². The van der Waals surface area contributed by atoms with Crippen molar-refractivity contribution in [1.82, 2.24) is 5.32 Å². The van der Waals surface area contributed by atoms with Crippen LogP contribution in [-0.2, 0) is 0 Å². The van der Waals surface area contributed by atoms with Crippen LogP contribution in [0.4, 0.5) is 5.69 Å². The molecule has 4 aromatic carbocycles. The maximum atomic E-state index is 6.68. The zero-order chi connectivity index (χ0) is 21.3. The van der Waals surface area contributed by atoms with E-state index in [1.807, 2.05) is 0 Å². The van der Waals surface area contributed by atoms with Gasteiger partial charge in [0.25, 0.3) is 0 Å². The van der Waals surface area contributed by atoms with Crippen molar-refractivity contribution in [2.45, 2.75) is 12.1 Å². The molecule has 3 nitrogen and oxygen atoms in total. The molecular formula is C29H26N2O. The standard InChI is InChI=1S/C29H26N2O/c1-2-9-23(10-3-1)31-19-18-30-20-27(31)25-12-6-7-13-26(25)28-17-16-22-15-14-21-8-4-5-11-24(21)29(22)32-28/h1-17,27-28,30H,18-20H2. The van der Waals surface area contributed by atoms with Crippen LogP contribution in [-0.4, -0.2) is 19.6 Å². The van der Waals surface area contributed by atoms with Crippen molar-refractivity contribution >= 4 is 22.5 Å². The van der Waals surface area contributed by atoms with Crippen molar-refractivity contribution in [2.75, 3.05) is 24.5 Å². The second-order valence-corrected chi connectivity index (χ2v) is 8.48. The van der Waals surface area contributed by atoms with Gasteiger partial charge in [0, 0.05) is 41.8 Å². The number of piperazine rings is 1.